The first-order valence-corrected chi connectivity index (χ1v) is 7.23. The maximum absolute atomic E-state index is 12.2. The van der Waals surface area contributed by atoms with Crippen LogP contribution in [-0.2, 0) is 6.42 Å². The Morgan fingerprint density at radius 2 is 1.59 bits per heavy atom. The number of carbonyl (C=O) groups is 2. The van der Waals surface area contributed by atoms with Gasteiger partial charge < -0.3 is 15.2 Å². The van der Waals surface area contributed by atoms with Crippen LogP contribution < -0.4 is 10.4 Å². The third-order valence-corrected chi connectivity index (χ3v) is 3.48. The predicted molar refractivity (Wildman–Crippen MR) is 82.5 cm³/mol. The van der Waals surface area contributed by atoms with Gasteiger partial charge in [-0.15, -0.1) is 0 Å². The summed E-state index contributed by atoms with van der Waals surface area (Å²) in [5, 5.41) is 13.9. The number of carboxylic acids is 1. The Labute approximate surface area is 129 Å². The van der Waals surface area contributed by atoms with E-state index in [1.54, 1.807) is 12.1 Å². The predicted octanol–water partition coefficient (Wildman–Crippen LogP) is 1.80. The molecule has 1 atom stereocenters. The molecule has 1 N–H and O–H groups in total. The number of amides is 1. The van der Waals surface area contributed by atoms with Crippen LogP contribution in [0.15, 0.2) is 54.6 Å². The van der Waals surface area contributed by atoms with Gasteiger partial charge in [0, 0.05) is 17.2 Å². The van der Waals surface area contributed by atoms with Crippen LogP contribution in [-0.4, -0.2) is 17.9 Å². The molecule has 4 nitrogen and oxygen atoms in total. The minimum atomic E-state index is -1.34. The molecule has 0 aliphatic rings. The van der Waals surface area contributed by atoms with Crippen molar-refractivity contribution >= 4 is 11.9 Å². The highest BCUT2D eigenvalue weighted by atomic mass is 16.4. The van der Waals surface area contributed by atoms with Crippen molar-refractivity contribution < 1.29 is 14.7 Å². The average molecular weight is 296 g/mol. The second kappa shape index (κ2) is 7.41. The van der Waals surface area contributed by atoms with Crippen molar-refractivity contribution in [2.24, 2.45) is 0 Å². The number of carboxylic acid groups (broad SMARTS) is 1. The Kier molecular flexibility index (Phi) is 5.31. The second-order valence-corrected chi connectivity index (χ2v) is 5.23. The highest BCUT2D eigenvalue weighted by Crippen LogP contribution is 2.09. The zero-order valence-corrected chi connectivity index (χ0v) is 12.4. The van der Waals surface area contributed by atoms with E-state index in [-0.39, 0.29) is 23.1 Å². The molecule has 0 fully saturated rings. The molecule has 1 amide bonds. The van der Waals surface area contributed by atoms with Crippen LogP contribution in [0.1, 0.15) is 39.6 Å². The van der Waals surface area contributed by atoms with Gasteiger partial charge in [-0.2, -0.15) is 0 Å². The van der Waals surface area contributed by atoms with Crippen molar-refractivity contribution in [2.75, 3.05) is 0 Å². The van der Waals surface area contributed by atoms with Crippen LogP contribution in [0.2, 0.25) is 0 Å². The molecule has 0 aliphatic heterocycles. The summed E-state index contributed by atoms with van der Waals surface area (Å²) < 4.78 is 0. The second-order valence-electron chi connectivity index (χ2n) is 5.23. The molecule has 2 aromatic carbocycles. The van der Waals surface area contributed by atoms with Gasteiger partial charge in [0.1, 0.15) is 0 Å². The molecule has 0 saturated heterocycles. The van der Waals surface area contributed by atoms with Gasteiger partial charge in [-0.1, -0.05) is 48.5 Å². The molecule has 22 heavy (non-hydrogen) atoms. The fourth-order valence-corrected chi connectivity index (χ4v) is 2.26. The smallest absolute Gasteiger partial charge is 0.252 e. The van der Waals surface area contributed by atoms with Crippen LogP contribution in [0, 0.1) is 0 Å². The van der Waals surface area contributed by atoms with Crippen molar-refractivity contribution in [1.29, 1.82) is 0 Å². The summed E-state index contributed by atoms with van der Waals surface area (Å²) in [4.78, 5) is 23.2. The fraction of sp³-hybridized carbons (Fsp3) is 0.222. The lowest BCUT2D eigenvalue weighted by Crippen LogP contribution is -2.35. The monoisotopic (exact) mass is 296 g/mol. The number of hydrogen-bond acceptors (Lipinski definition) is 3. The topological polar surface area (TPSA) is 69.2 Å². The number of aryl methyl sites for hydroxylation is 1. The SMILES string of the molecule is C[C@@H](CCc1ccccc1)NC(=O)c1ccccc1C(=O)[O-]. The van der Waals surface area contributed by atoms with E-state index in [0.29, 0.717) is 0 Å². The van der Waals surface area contributed by atoms with Gasteiger partial charge in [0.05, 0.1) is 5.97 Å². The van der Waals surface area contributed by atoms with Crippen molar-refractivity contribution in [2.45, 2.75) is 25.8 Å². The van der Waals surface area contributed by atoms with Crippen LogP contribution in [0.3, 0.4) is 0 Å². The summed E-state index contributed by atoms with van der Waals surface area (Å²) in [6.07, 6.45) is 1.63. The molecular formula is C18H18NO3-. The summed E-state index contributed by atoms with van der Waals surface area (Å²) in [6.45, 7) is 1.91. The molecule has 0 aromatic heterocycles. The Morgan fingerprint density at radius 3 is 2.23 bits per heavy atom. The molecular weight excluding hydrogens is 278 g/mol. The molecule has 0 bridgehead atoms. The van der Waals surface area contributed by atoms with E-state index in [9.17, 15) is 14.7 Å². The van der Waals surface area contributed by atoms with Gasteiger partial charge in [0.15, 0.2) is 0 Å². The standard InChI is InChI=1S/C18H19NO3/c1-13(11-12-14-7-3-2-4-8-14)19-17(20)15-9-5-6-10-16(15)18(21)22/h2-10,13H,11-12H2,1H3,(H,19,20)(H,21,22)/p-1/t13-/m0/s1. The molecule has 2 rings (SSSR count). The zero-order chi connectivity index (χ0) is 15.9. The van der Waals surface area contributed by atoms with Crippen LogP contribution in [0.25, 0.3) is 0 Å². The van der Waals surface area contributed by atoms with Crippen molar-refractivity contribution in [1.82, 2.24) is 5.32 Å². The van der Waals surface area contributed by atoms with Gasteiger partial charge in [0.2, 0.25) is 0 Å². The number of carbonyl (C=O) groups excluding carboxylic acids is 2. The minimum Gasteiger partial charge on any atom is -0.545 e. The first-order valence-electron chi connectivity index (χ1n) is 7.23. The molecule has 114 valence electrons. The number of hydrogen-bond donors (Lipinski definition) is 1. The van der Waals surface area contributed by atoms with Gasteiger partial charge in [-0.25, -0.2) is 0 Å². The highest BCUT2D eigenvalue weighted by Gasteiger charge is 2.13. The Balaban J connectivity index is 1.95. The van der Waals surface area contributed by atoms with E-state index in [1.807, 2.05) is 37.3 Å². The molecule has 0 unspecified atom stereocenters. The highest BCUT2D eigenvalue weighted by molar-refractivity contribution is 6.04. The third-order valence-electron chi connectivity index (χ3n) is 3.48. The largest absolute Gasteiger partial charge is 0.545 e. The van der Waals surface area contributed by atoms with Crippen LogP contribution in [0.5, 0.6) is 0 Å². The Bertz CT molecular complexity index is 652. The van der Waals surface area contributed by atoms with E-state index in [1.165, 1.54) is 17.7 Å². The Morgan fingerprint density at radius 1 is 1.00 bits per heavy atom. The molecule has 0 saturated carbocycles. The van der Waals surface area contributed by atoms with Crippen LogP contribution >= 0.6 is 0 Å². The molecule has 0 radical (unpaired) electrons. The third kappa shape index (κ3) is 4.19. The molecule has 0 heterocycles. The number of benzene rings is 2. The van der Waals surface area contributed by atoms with Crippen molar-refractivity contribution in [3.8, 4) is 0 Å². The van der Waals surface area contributed by atoms with Crippen LogP contribution in [0.4, 0.5) is 0 Å². The Hall–Kier alpha value is -2.62. The van der Waals surface area contributed by atoms with E-state index in [0.717, 1.165) is 12.8 Å². The molecule has 0 spiro atoms. The molecule has 0 aliphatic carbocycles. The van der Waals surface area contributed by atoms with Gasteiger partial charge in [-0.05, 0) is 31.4 Å². The quantitative estimate of drug-likeness (QED) is 0.883. The van der Waals surface area contributed by atoms with Gasteiger partial charge >= 0.3 is 0 Å². The van der Waals surface area contributed by atoms with E-state index in [2.05, 4.69) is 5.32 Å². The first kappa shape index (κ1) is 15.8. The lowest BCUT2D eigenvalue weighted by molar-refractivity contribution is -0.255. The van der Waals surface area contributed by atoms with Crippen molar-refractivity contribution in [3.63, 3.8) is 0 Å². The summed E-state index contributed by atoms with van der Waals surface area (Å²) >= 11 is 0. The minimum absolute atomic E-state index is 0.0532. The van der Waals surface area contributed by atoms with E-state index >= 15 is 0 Å². The molecule has 4 heteroatoms. The number of nitrogens with one attached hydrogen (secondary N) is 1. The van der Waals surface area contributed by atoms with Crippen molar-refractivity contribution in [3.05, 3.63) is 71.3 Å². The summed E-state index contributed by atoms with van der Waals surface area (Å²) in [5.41, 5.74) is 1.25. The maximum atomic E-state index is 12.2. The zero-order valence-electron chi connectivity index (χ0n) is 12.4. The van der Waals surface area contributed by atoms with E-state index < -0.39 is 5.97 Å². The van der Waals surface area contributed by atoms with Gasteiger partial charge in [-0.3, -0.25) is 4.79 Å². The van der Waals surface area contributed by atoms with Gasteiger partial charge in [0.25, 0.3) is 5.91 Å². The lowest BCUT2D eigenvalue weighted by atomic mass is 10.0. The number of rotatable bonds is 6. The summed E-state index contributed by atoms with van der Waals surface area (Å²) in [5.74, 6) is -1.73. The average Bonchev–Trinajstić information content (AvgIpc) is 2.54. The summed E-state index contributed by atoms with van der Waals surface area (Å²) in [6, 6.07) is 16.0. The lowest BCUT2D eigenvalue weighted by Gasteiger charge is -2.16. The molecule has 2 aromatic rings. The normalized spacial score (nSPS) is 11.7. The fourth-order valence-electron chi connectivity index (χ4n) is 2.26. The maximum Gasteiger partial charge on any atom is 0.252 e. The van der Waals surface area contributed by atoms with E-state index in [4.69, 9.17) is 0 Å². The summed E-state index contributed by atoms with van der Waals surface area (Å²) in [7, 11) is 0. The first-order chi connectivity index (χ1) is 10.6. The number of aromatic carboxylic acids is 1.